The lowest BCUT2D eigenvalue weighted by Crippen LogP contribution is -2.24. The number of nitrogens with one attached hydrogen (secondary N) is 1. The van der Waals surface area contributed by atoms with E-state index in [4.69, 9.17) is 9.73 Å². The van der Waals surface area contributed by atoms with Gasteiger partial charge in [0, 0.05) is 40.3 Å². The molecule has 0 bridgehead atoms. The van der Waals surface area contributed by atoms with Gasteiger partial charge in [0.15, 0.2) is 0 Å². The Morgan fingerprint density at radius 3 is 2.63 bits per heavy atom. The Bertz CT molecular complexity index is 1510. The van der Waals surface area contributed by atoms with Crippen LogP contribution in [-0.4, -0.2) is 29.8 Å². The van der Waals surface area contributed by atoms with Crippen LogP contribution in [-0.2, 0) is 24.1 Å². The van der Waals surface area contributed by atoms with Crippen LogP contribution in [0.15, 0.2) is 65.7 Å². The largest absolute Gasteiger partial charge is 0.465 e. The van der Waals surface area contributed by atoms with Crippen LogP contribution in [0.25, 0.3) is 5.69 Å². The van der Waals surface area contributed by atoms with Crippen molar-refractivity contribution in [2.24, 2.45) is 4.99 Å². The van der Waals surface area contributed by atoms with Gasteiger partial charge in [-0.05, 0) is 74.9 Å². The smallest absolute Gasteiger partial charge is 0.337 e. The predicted octanol–water partition coefficient (Wildman–Crippen LogP) is 6.50. The number of rotatable bonds is 7. The second kappa shape index (κ2) is 11.2. The summed E-state index contributed by atoms with van der Waals surface area (Å²) in [4.78, 5) is 31.6. The molecule has 194 valence electrons. The van der Waals surface area contributed by atoms with E-state index in [9.17, 15) is 9.59 Å². The van der Waals surface area contributed by atoms with E-state index in [-0.39, 0.29) is 11.9 Å². The maximum atomic E-state index is 13.4. The summed E-state index contributed by atoms with van der Waals surface area (Å²) in [6, 6.07) is 19.4. The summed E-state index contributed by atoms with van der Waals surface area (Å²) in [6.45, 7) is 4.55. The molecule has 1 aliphatic carbocycles. The minimum Gasteiger partial charge on any atom is -0.465 e. The second-order valence-electron chi connectivity index (χ2n) is 9.52. The number of aryl methyl sites for hydroxylation is 2. The lowest BCUT2D eigenvalue weighted by Gasteiger charge is -2.13. The average Bonchev–Trinajstić information content (AvgIpc) is 3.46. The lowest BCUT2D eigenvalue weighted by molar-refractivity contribution is 0.0600. The van der Waals surface area contributed by atoms with Gasteiger partial charge in [0.25, 0.3) is 5.91 Å². The van der Waals surface area contributed by atoms with E-state index < -0.39 is 0 Å². The predicted molar refractivity (Wildman–Crippen MR) is 152 cm³/mol. The topological polar surface area (TPSA) is 72.7 Å². The molecule has 0 spiro atoms. The number of benzene rings is 2. The van der Waals surface area contributed by atoms with Gasteiger partial charge in [-0.25, -0.2) is 9.79 Å². The van der Waals surface area contributed by atoms with Crippen molar-refractivity contribution >= 4 is 34.4 Å². The molecular weight excluding hydrogens is 494 g/mol. The summed E-state index contributed by atoms with van der Waals surface area (Å²) in [5.74, 6) is -0.429. The van der Waals surface area contributed by atoms with Crippen molar-refractivity contribution in [2.45, 2.75) is 46.1 Å². The zero-order valence-corrected chi connectivity index (χ0v) is 22.7. The van der Waals surface area contributed by atoms with Crippen LogP contribution in [0.3, 0.4) is 0 Å². The molecule has 2 aromatic carbocycles. The SMILES string of the molecule is COC(=O)c1cccc(-n2c(C)cc(C=Nc3sc4c(c3C(=O)NCc3ccccc3)CCCC4)c2C)c1. The van der Waals surface area contributed by atoms with Crippen LogP contribution in [0.2, 0.25) is 0 Å². The second-order valence-corrected chi connectivity index (χ2v) is 10.6. The van der Waals surface area contributed by atoms with Crippen LogP contribution in [0.1, 0.15) is 66.5 Å². The van der Waals surface area contributed by atoms with Crippen LogP contribution >= 0.6 is 11.3 Å². The number of carbonyl (C=O) groups excluding carboxylic acids is 2. The minimum absolute atomic E-state index is 0.0644. The Labute approximate surface area is 227 Å². The molecule has 38 heavy (non-hydrogen) atoms. The number of aromatic nitrogens is 1. The number of nitrogens with zero attached hydrogens (tertiary/aromatic N) is 2. The van der Waals surface area contributed by atoms with Gasteiger partial charge in [-0.15, -0.1) is 11.3 Å². The number of amides is 1. The van der Waals surface area contributed by atoms with E-state index in [1.807, 2.05) is 68.6 Å². The van der Waals surface area contributed by atoms with E-state index in [1.165, 1.54) is 12.0 Å². The van der Waals surface area contributed by atoms with Crippen LogP contribution in [0, 0.1) is 13.8 Å². The zero-order chi connectivity index (χ0) is 26.6. The molecule has 4 aromatic rings. The average molecular weight is 526 g/mol. The molecular formula is C31H31N3O3S. The molecule has 0 saturated heterocycles. The summed E-state index contributed by atoms with van der Waals surface area (Å²) < 4.78 is 6.98. The fourth-order valence-corrected chi connectivity index (χ4v) is 6.31. The van der Waals surface area contributed by atoms with Crippen molar-refractivity contribution in [2.75, 3.05) is 7.11 Å². The summed E-state index contributed by atoms with van der Waals surface area (Å²) in [5.41, 5.74) is 7.33. The molecule has 2 aromatic heterocycles. The Hall–Kier alpha value is -3.97. The van der Waals surface area contributed by atoms with Crippen molar-refractivity contribution in [3.63, 3.8) is 0 Å². The quantitative estimate of drug-likeness (QED) is 0.221. The molecule has 0 radical (unpaired) electrons. The molecule has 0 unspecified atom stereocenters. The number of fused-ring (bicyclic) bond motifs is 1. The molecule has 5 rings (SSSR count). The normalized spacial score (nSPS) is 12.9. The van der Waals surface area contributed by atoms with E-state index in [0.717, 1.165) is 70.0 Å². The summed E-state index contributed by atoms with van der Waals surface area (Å²) in [6.07, 6.45) is 6.01. The first-order valence-electron chi connectivity index (χ1n) is 12.8. The minimum atomic E-state index is -0.365. The van der Waals surface area contributed by atoms with Gasteiger partial charge in [0.05, 0.1) is 18.2 Å². The van der Waals surface area contributed by atoms with Gasteiger partial charge >= 0.3 is 5.97 Å². The number of methoxy groups -OCH3 is 1. The highest BCUT2D eigenvalue weighted by molar-refractivity contribution is 7.16. The first kappa shape index (κ1) is 25.7. The third kappa shape index (κ3) is 5.20. The molecule has 2 heterocycles. The maximum absolute atomic E-state index is 13.4. The molecule has 0 fully saturated rings. The van der Waals surface area contributed by atoms with Gasteiger partial charge in [-0.3, -0.25) is 4.79 Å². The third-order valence-corrected chi connectivity index (χ3v) is 8.19. The van der Waals surface area contributed by atoms with Crippen molar-refractivity contribution in [3.05, 3.63) is 105 Å². The standard InChI is InChI=1S/C31H31N3O3S/c1-20-16-24(21(2)34(20)25-13-9-12-23(17-25)31(36)37-3)19-33-30-28(26-14-7-8-15-27(26)38-30)29(35)32-18-22-10-5-4-6-11-22/h4-6,9-13,16-17,19H,7-8,14-15,18H2,1-3H3,(H,32,35). The number of aliphatic imine (C=N–C) groups is 1. The van der Waals surface area contributed by atoms with Crippen LogP contribution in [0.4, 0.5) is 5.00 Å². The van der Waals surface area contributed by atoms with E-state index in [2.05, 4.69) is 16.0 Å². The number of ether oxygens (including phenoxy) is 1. The first-order chi connectivity index (χ1) is 18.5. The van der Waals surface area contributed by atoms with Gasteiger partial charge in [0.1, 0.15) is 5.00 Å². The van der Waals surface area contributed by atoms with Crippen LogP contribution < -0.4 is 5.32 Å². The summed E-state index contributed by atoms with van der Waals surface area (Å²) in [5, 5.41) is 3.87. The Kier molecular flexibility index (Phi) is 7.56. The van der Waals surface area contributed by atoms with Gasteiger partial charge in [-0.2, -0.15) is 0 Å². The van der Waals surface area contributed by atoms with Crippen LogP contribution in [0.5, 0.6) is 0 Å². The number of hydrogen-bond donors (Lipinski definition) is 1. The molecule has 1 N–H and O–H groups in total. The number of esters is 1. The fraction of sp³-hybridized carbons (Fsp3) is 0.258. The Balaban J connectivity index is 1.45. The third-order valence-electron chi connectivity index (χ3n) is 6.99. The molecule has 0 atom stereocenters. The Morgan fingerprint density at radius 1 is 1.05 bits per heavy atom. The van der Waals surface area contributed by atoms with Crippen molar-refractivity contribution in [1.82, 2.24) is 9.88 Å². The highest BCUT2D eigenvalue weighted by Gasteiger charge is 2.25. The van der Waals surface area contributed by atoms with Crippen molar-refractivity contribution < 1.29 is 14.3 Å². The number of carbonyl (C=O) groups is 2. The number of thiophene rings is 1. The highest BCUT2D eigenvalue weighted by atomic mass is 32.1. The molecule has 1 amide bonds. The molecule has 0 saturated carbocycles. The van der Waals surface area contributed by atoms with E-state index >= 15 is 0 Å². The van der Waals surface area contributed by atoms with Gasteiger partial charge in [0.2, 0.25) is 0 Å². The summed E-state index contributed by atoms with van der Waals surface area (Å²) in [7, 11) is 1.38. The number of hydrogen-bond acceptors (Lipinski definition) is 5. The van der Waals surface area contributed by atoms with Crippen molar-refractivity contribution in [3.8, 4) is 5.69 Å². The lowest BCUT2D eigenvalue weighted by atomic mass is 9.95. The molecule has 1 aliphatic rings. The van der Waals surface area contributed by atoms with Gasteiger partial charge < -0.3 is 14.6 Å². The fourth-order valence-electron chi connectivity index (χ4n) is 5.08. The molecule has 0 aliphatic heterocycles. The highest BCUT2D eigenvalue weighted by Crippen LogP contribution is 2.40. The first-order valence-corrected chi connectivity index (χ1v) is 13.7. The van der Waals surface area contributed by atoms with Gasteiger partial charge in [-0.1, -0.05) is 36.4 Å². The van der Waals surface area contributed by atoms with E-state index in [0.29, 0.717) is 12.1 Å². The zero-order valence-electron chi connectivity index (χ0n) is 21.9. The van der Waals surface area contributed by atoms with E-state index in [1.54, 1.807) is 17.4 Å². The summed E-state index contributed by atoms with van der Waals surface area (Å²) >= 11 is 1.64. The monoisotopic (exact) mass is 525 g/mol. The Morgan fingerprint density at radius 2 is 1.84 bits per heavy atom. The van der Waals surface area contributed by atoms with Crippen molar-refractivity contribution in [1.29, 1.82) is 0 Å². The maximum Gasteiger partial charge on any atom is 0.337 e. The molecule has 6 nitrogen and oxygen atoms in total. The molecule has 7 heteroatoms.